The minimum atomic E-state index is -0.685. The van der Waals surface area contributed by atoms with Gasteiger partial charge in [0.05, 0.1) is 0 Å². The molecule has 0 heterocycles. The lowest BCUT2D eigenvalue weighted by atomic mass is 10.2. The molecule has 0 saturated carbocycles. The molecule has 1 unspecified atom stereocenters. The molecule has 3 heteroatoms. The number of methoxy groups -OCH3 is 2. The Bertz CT molecular complexity index is 123. The summed E-state index contributed by atoms with van der Waals surface area (Å²) in [5.41, 5.74) is 1.04. The maximum atomic E-state index is 9.35. The molecule has 1 atom stereocenters. The highest BCUT2D eigenvalue weighted by Gasteiger charge is 2.14. The molecule has 11 heavy (non-hydrogen) atoms. The highest BCUT2D eigenvalue weighted by molar-refractivity contribution is 4.98. The molecule has 3 nitrogen and oxygen atoms in total. The topological polar surface area (TPSA) is 38.7 Å². The molecule has 0 spiro atoms. The van der Waals surface area contributed by atoms with Gasteiger partial charge in [-0.05, 0) is 13.8 Å². The molecule has 0 aromatic rings. The van der Waals surface area contributed by atoms with Gasteiger partial charge >= 0.3 is 0 Å². The molecule has 0 rings (SSSR count). The minimum absolute atomic E-state index is 0.565. The number of aliphatic hydroxyl groups is 1. The third kappa shape index (κ3) is 4.14. The highest BCUT2D eigenvalue weighted by atomic mass is 16.7. The summed E-state index contributed by atoms with van der Waals surface area (Å²) in [4.78, 5) is 0. The van der Waals surface area contributed by atoms with Gasteiger partial charge in [0.25, 0.3) is 0 Å². The van der Waals surface area contributed by atoms with E-state index in [-0.39, 0.29) is 0 Å². The Balaban J connectivity index is 3.98. The molecule has 1 N–H and O–H groups in total. The normalized spacial score (nSPS) is 13.3. The SMILES string of the molecule is COC(OC)C(O)C=C(C)C. The summed E-state index contributed by atoms with van der Waals surface area (Å²) < 4.78 is 9.69. The molecule has 0 bridgehead atoms. The monoisotopic (exact) mass is 160 g/mol. The van der Waals surface area contributed by atoms with Crippen LogP contribution >= 0.6 is 0 Å². The van der Waals surface area contributed by atoms with Crippen LogP contribution in [0.1, 0.15) is 13.8 Å². The van der Waals surface area contributed by atoms with Crippen LogP contribution in [0, 0.1) is 0 Å². The predicted molar refractivity (Wildman–Crippen MR) is 43.2 cm³/mol. The first-order valence-corrected chi connectivity index (χ1v) is 3.50. The third-order valence-corrected chi connectivity index (χ3v) is 1.25. The third-order valence-electron chi connectivity index (χ3n) is 1.25. The second kappa shape index (κ2) is 5.29. The van der Waals surface area contributed by atoms with E-state index in [0.29, 0.717) is 0 Å². The van der Waals surface area contributed by atoms with E-state index in [0.717, 1.165) is 5.57 Å². The number of ether oxygens (including phenoxy) is 2. The fraction of sp³-hybridized carbons (Fsp3) is 0.750. The first-order valence-electron chi connectivity index (χ1n) is 3.50. The van der Waals surface area contributed by atoms with E-state index < -0.39 is 12.4 Å². The van der Waals surface area contributed by atoms with Crippen molar-refractivity contribution < 1.29 is 14.6 Å². The van der Waals surface area contributed by atoms with Crippen molar-refractivity contribution >= 4 is 0 Å². The molecule has 0 saturated heterocycles. The van der Waals surface area contributed by atoms with Gasteiger partial charge in [-0.1, -0.05) is 11.6 Å². The maximum absolute atomic E-state index is 9.35. The number of allylic oxidation sites excluding steroid dienone is 1. The lowest BCUT2D eigenvalue weighted by molar-refractivity contribution is -0.150. The highest BCUT2D eigenvalue weighted by Crippen LogP contribution is 2.03. The lowest BCUT2D eigenvalue weighted by Gasteiger charge is -2.17. The van der Waals surface area contributed by atoms with E-state index in [9.17, 15) is 5.11 Å². The number of hydrogen-bond donors (Lipinski definition) is 1. The zero-order chi connectivity index (χ0) is 8.85. The standard InChI is InChI=1S/C8H16O3/c1-6(2)5-7(9)8(10-3)11-4/h5,7-9H,1-4H3. The Morgan fingerprint density at radius 3 is 2.00 bits per heavy atom. The minimum Gasteiger partial charge on any atom is -0.384 e. The average Bonchev–Trinajstić information content (AvgIpc) is 1.88. The molecule has 0 aromatic carbocycles. The molecule has 0 fully saturated rings. The van der Waals surface area contributed by atoms with Crippen LogP contribution in [0.5, 0.6) is 0 Å². The quantitative estimate of drug-likeness (QED) is 0.491. The Kier molecular flexibility index (Phi) is 5.11. The fourth-order valence-corrected chi connectivity index (χ4v) is 0.795. The van der Waals surface area contributed by atoms with Crippen molar-refractivity contribution in [2.45, 2.75) is 26.2 Å². The van der Waals surface area contributed by atoms with Crippen LogP contribution < -0.4 is 0 Å². The first-order chi connectivity index (χ1) is 5.11. The molecular weight excluding hydrogens is 144 g/mol. The van der Waals surface area contributed by atoms with Crippen LogP contribution in [0.15, 0.2) is 11.6 Å². The summed E-state index contributed by atoms with van der Waals surface area (Å²) in [6, 6.07) is 0. The fourth-order valence-electron chi connectivity index (χ4n) is 0.795. The van der Waals surface area contributed by atoms with Gasteiger partial charge in [-0.15, -0.1) is 0 Å². The van der Waals surface area contributed by atoms with E-state index in [1.54, 1.807) is 6.08 Å². The molecule has 0 radical (unpaired) electrons. The smallest absolute Gasteiger partial charge is 0.186 e. The predicted octanol–water partition coefficient (Wildman–Crippen LogP) is 0.932. The van der Waals surface area contributed by atoms with E-state index >= 15 is 0 Å². The van der Waals surface area contributed by atoms with E-state index in [1.165, 1.54) is 14.2 Å². The number of rotatable bonds is 4. The van der Waals surface area contributed by atoms with Gasteiger partial charge in [-0.2, -0.15) is 0 Å². The van der Waals surface area contributed by atoms with Gasteiger partial charge < -0.3 is 14.6 Å². The van der Waals surface area contributed by atoms with E-state index in [1.807, 2.05) is 13.8 Å². The molecule has 0 aliphatic carbocycles. The summed E-state index contributed by atoms with van der Waals surface area (Å²) in [5.74, 6) is 0. The molecule has 0 aromatic heterocycles. The van der Waals surface area contributed by atoms with Gasteiger partial charge in [0.1, 0.15) is 6.10 Å². The van der Waals surface area contributed by atoms with E-state index in [2.05, 4.69) is 0 Å². The zero-order valence-electron chi connectivity index (χ0n) is 7.50. The summed E-state index contributed by atoms with van der Waals surface area (Å²) in [7, 11) is 2.99. The van der Waals surface area contributed by atoms with Crippen molar-refractivity contribution in [3.8, 4) is 0 Å². The van der Waals surface area contributed by atoms with Crippen LogP contribution in [0.25, 0.3) is 0 Å². The van der Waals surface area contributed by atoms with Crippen LogP contribution in [0.2, 0.25) is 0 Å². The Labute approximate surface area is 67.6 Å². The van der Waals surface area contributed by atoms with Crippen LogP contribution in [-0.2, 0) is 9.47 Å². The molecule has 0 amide bonds. The van der Waals surface area contributed by atoms with Gasteiger partial charge in [0.2, 0.25) is 0 Å². The Hall–Kier alpha value is -0.380. The van der Waals surface area contributed by atoms with Gasteiger partial charge in [0, 0.05) is 14.2 Å². The number of aliphatic hydroxyl groups excluding tert-OH is 1. The Morgan fingerprint density at radius 1 is 1.27 bits per heavy atom. The largest absolute Gasteiger partial charge is 0.384 e. The molecule has 0 aliphatic heterocycles. The van der Waals surface area contributed by atoms with Crippen LogP contribution in [0.3, 0.4) is 0 Å². The summed E-state index contributed by atoms with van der Waals surface area (Å²) >= 11 is 0. The summed E-state index contributed by atoms with van der Waals surface area (Å²) in [5, 5.41) is 9.35. The van der Waals surface area contributed by atoms with Crippen LogP contribution in [-0.4, -0.2) is 31.7 Å². The first kappa shape index (κ1) is 10.6. The Morgan fingerprint density at radius 2 is 1.73 bits per heavy atom. The second-order valence-corrected chi connectivity index (χ2v) is 2.57. The second-order valence-electron chi connectivity index (χ2n) is 2.57. The molecule has 0 aliphatic rings. The van der Waals surface area contributed by atoms with E-state index in [4.69, 9.17) is 9.47 Å². The van der Waals surface area contributed by atoms with Crippen LogP contribution in [0.4, 0.5) is 0 Å². The van der Waals surface area contributed by atoms with Gasteiger partial charge in [0.15, 0.2) is 6.29 Å². The van der Waals surface area contributed by atoms with Crippen molar-refractivity contribution in [2.24, 2.45) is 0 Å². The maximum Gasteiger partial charge on any atom is 0.186 e. The summed E-state index contributed by atoms with van der Waals surface area (Å²) in [6.45, 7) is 3.82. The molecular formula is C8H16O3. The average molecular weight is 160 g/mol. The zero-order valence-corrected chi connectivity index (χ0v) is 7.50. The van der Waals surface area contributed by atoms with Crippen molar-refractivity contribution in [3.05, 3.63) is 11.6 Å². The van der Waals surface area contributed by atoms with Crippen molar-refractivity contribution in [1.29, 1.82) is 0 Å². The number of hydrogen-bond acceptors (Lipinski definition) is 3. The van der Waals surface area contributed by atoms with Crippen molar-refractivity contribution in [1.82, 2.24) is 0 Å². The van der Waals surface area contributed by atoms with Crippen molar-refractivity contribution in [2.75, 3.05) is 14.2 Å². The van der Waals surface area contributed by atoms with Crippen molar-refractivity contribution in [3.63, 3.8) is 0 Å². The van der Waals surface area contributed by atoms with Gasteiger partial charge in [-0.25, -0.2) is 0 Å². The molecule has 66 valence electrons. The van der Waals surface area contributed by atoms with Gasteiger partial charge in [-0.3, -0.25) is 0 Å². The lowest BCUT2D eigenvalue weighted by Crippen LogP contribution is -2.28. The summed E-state index contributed by atoms with van der Waals surface area (Å²) in [6.07, 6.45) is 0.442.